The fourth-order valence-electron chi connectivity index (χ4n) is 4.05. The average molecular weight is 502 g/mol. The molecule has 0 radical (unpaired) electrons. The van der Waals surface area contributed by atoms with E-state index in [1.807, 2.05) is 12.1 Å². The number of nitrogens with one attached hydrogen (secondary N) is 3. The van der Waals surface area contributed by atoms with Gasteiger partial charge in [-0.2, -0.15) is 5.26 Å². The quantitative estimate of drug-likeness (QED) is 0.340. The summed E-state index contributed by atoms with van der Waals surface area (Å²) in [7, 11) is 0. The molecule has 1 fully saturated rings. The molecule has 0 spiro atoms. The molecule has 3 N–H and O–H groups in total. The number of nitrogens with zero attached hydrogens (tertiary/aromatic N) is 2. The molecule has 180 valence electrons. The normalized spacial score (nSPS) is 15.3. The fourth-order valence-corrected chi connectivity index (χ4v) is 5.34. The van der Waals surface area contributed by atoms with Gasteiger partial charge in [0.05, 0.1) is 15.2 Å². The predicted octanol–water partition coefficient (Wildman–Crippen LogP) is 3.26. The first-order valence-corrected chi connectivity index (χ1v) is 12.5. The van der Waals surface area contributed by atoms with Crippen LogP contribution in [-0.2, 0) is 20.8 Å². The van der Waals surface area contributed by atoms with Gasteiger partial charge in [0, 0.05) is 30.5 Å². The van der Waals surface area contributed by atoms with Gasteiger partial charge < -0.3 is 16.0 Å². The first-order valence-electron chi connectivity index (χ1n) is 11.3. The Morgan fingerprint density at radius 3 is 2.71 bits per heavy atom. The minimum Gasteiger partial charge on any atom is -0.350 e. The molecule has 3 rings (SSSR count). The molecule has 2 aromatic rings. The minimum atomic E-state index is -0.808. The van der Waals surface area contributed by atoms with Crippen LogP contribution >= 0.6 is 22.9 Å². The zero-order chi connectivity index (χ0) is 24.7. The number of rotatable bonds is 10. The second-order valence-electron chi connectivity index (χ2n) is 8.36. The molecule has 1 saturated carbocycles. The molecule has 34 heavy (non-hydrogen) atoms. The lowest BCUT2D eigenvalue weighted by Gasteiger charge is -2.27. The monoisotopic (exact) mass is 501 g/mol. The minimum absolute atomic E-state index is 0.180. The van der Waals surface area contributed by atoms with E-state index in [-0.39, 0.29) is 48.7 Å². The van der Waals surface area contributed by atoms with Crippen LogP contribution in [-0.4, -0.2) is 41.3 Å². The summed E-state index contributed by atoms with van der Waals surface area (Å²) >= 11 is 7.51. The number of fused-ring (bicyclic) bond motifs is 1. The summed E-state index contributed by atoms with van der Waals surface area (Å²) in [6, 6.07) is 6.02. The summed E-state index contributed by atoms with van der Waals surface area (Å²) in [5, 5.41) is 18.7. The number of thiazole rings is 1. The first kappa shape index (κ1) is 25.7. The maximum Gasteiger partial charge on any atom is 0.261 e. The van der Waals surface area contributed by atoms with Gasteiger partial charge in [0.1, 0.15) is 17.7 Å². The van der Waals surface area contributed by atoms with Crippen LogP contribution in [0.2, 0.25) is 5.02 Å². The number of carbonyl (C=O) groups excluding carboxylic acids is 3. The van der Waals surface area contributed by atoms with E-state index in [2.05, 4.69) is 27.5 Å². The smallest absolute Gasteiger partial charge is 0.261 e. The number of aromatic nitrogens is 1. The molecule has 10 heteroatoms. The predicted molar refractivity (Wildman–Crippen MR) is 132 cm³/mol. The van der Waals surface area contributed by atoms with E-state index in [1.165, 1.54) is 11.3 Å². The van der Waals surface area contributed by atoms with Crippen LogP contribution in [0.25, 0.3) is 10.2 Å². The van der Waals surface area contributed by atoms with E-state index in [0.717, 1.165) is 35.9 Å². The van der Waals surface area contributed by atoms with Gasteiger partial charge in [-0.1, -0.05) is 37.9 Å². The molecule has 8 nitrogen and oxygen atoms in total. The second-order valence-corrected chi connectivity index (χ2v) is 9.91. The SMILES string of the molecule is C=C(C#N)C(=O)NC[C@@H](NC(=O)[C@H](Cc1nc2ccc(Cl)cc2s1)NC(=O)CC)C1CCCC1. The third kappa shape index (κ3) is 6.78. The molecule has 1 aliphatic carbocycles. The Morgan fingerprint density at radius 2 is 2.03 bits per heavy atom. The fraction of sp³-hybridized carbons (Fsp3) is 0.458. The van der Waals surface area contributed by atoms with Crippen molar-refractivity contribution >= 4 is 50.9 Å². The van der Waals surface area contributed by atoms with Crippen molar-refractivity contribution in [3.63, 3.8) is 0 Å². The van der Waals surface area contributed by atoms with Gasteiger partial charge in [-0.25, -0.2) is 4.98 Å². The van der Waals surface area contributed by atoms with E-state index in [9.17, 15) is 14.4 Å². The zero-order valence-electron chi connectivity index (χ0n) is 19.0. The summed E-state index contributed by atoms with van der Waals surface area (Å²) in [6.45, 7) is 5.34. The Hall–Kier alpha value is -2.96. The standard InChI is InChI=1S/C24H28ClN5O3S/c1-3-21(31)28-18(11-22-29-17-9-8-16(25)10-20(17)34-22)24(33)30-19(15-6-4-5-7-15)13-27-23(32)14(2)12-26/h8-10,15,18-19H,2-7,11,13H2,1H3,(H,27,32)(H,28,31)(H,30,33)/t18-,19+/m0/s1. The summed E-state index contributed by atoms with van der Waals surface area (Å²) in [5.74, 6) is -0.917. The van der Waals surface area contributed by atoms with Crippen LogP contribution in [0.15, 0.2) is 30.4 Å². The van der Waals surface area contributed by atoms with Gasteiger partial charge in [0.25, 0.3) is 5.91 Å². The Morgan fingerprint density at radius 1 is 1.29 bits per heavy atom. The molecule has 0 bridgehead atoms. The molecule has 0 unspecified atom stereocenters. The molecule has 1 aromatic carbocycles. The van der Waals surface area contributed by atoms with Crippen LogP contribution in [0.5, 0.6) is 0 Å². The van der Waals surface area contributed by atoms with Gasteiger partial charge in [-0.05, 0) is 37.0 Å². The van der Waals surface area contributed by atoms with Gasteiger partial charge in [-0.3, -0.25) is 14.4 Å². The zero-order valence-corrected chi connectivity index (χ0v) is 20.6. The van der Waals surface area contributed by atoms with E-state index in [0.29, 0.717) is 10.0 Å². The Bertz CT molecular complexity index is 1120. The Kier molecular flexibility index (Phi) is 9.02. The maximum absolute atomic E-state index is 13.3. The topological polar surface area (TPSA) is 124 Å². The first-order chi connectivity index (χ1) is 16.3. The molecular weight excluding hydrogens is 474 g/mol. The summed E-state index contributed by atoms with van der Waals surface area (Å²) in [4.78, 5) is 42.1. The third-order valence-electron chi connectivity index (χ3n) is 5.93. The summed E-state index contributed by atoms with van der Waals surface area (Å²) in [6.07, 6.45) is 4.47. The lowest BCUT2D eigenvalue weighted by atomic mass is 9.97. The number of carbonyl (C=O) groups is 3. The molecule has 3 amide bonds. The van der Waals surface area contributed by atoms with Crippen molar-refractivity contribution in [3.8, 4) is 6.07 Å². The van der Waals surface area contributed by atoms with Crippen molar-refractivity contribution in [2.45, 2.75) is 57.5 Å². The van der Waals surface area contributed by atoms with E-state index < -0.39 is 11.9 Å². The Balaban J connectivity index is 1.75. The van der Waals surface area contributed by atoms with E-state index in [1.54, 1.807) is 19.1 Å². The van der Waals surface area contributed by atoms with Crippen LogP contribution in [0, 0.1) is 17.2 Å². The molecule has 1 aromatic heterocycles. The van der Waals surface area contributed by atoms with Gasteiger partial charge in [0.2, 0.25) is 11.8 Å². The number of amides is 3. The van der Waals surface area contributed by atoms with Gasteiger partial charge >= 0.3 is 0 Å². The highest BCUT2D eigenvalue weighted by atomic mass is 35.5. The lowest BCUT2D eigenvalue weighted by Crippen LogP contribution is -2.54. The van der Waals surface area contributed by atoms with Crippen molar-refractivity contribution in [3.05, 3.63) is 40.4 Å². The Labute approximate surface area is 207 Å². The van der Waals surface area contributed by atoms with Crippen LogP contribution in [0.4, 0.5) is 0 Å². The maximum atomic E-state index is 13.3. The molecule has 0 aliphatic heterocycles. The van der Waals surface area contributed by atoms with Gasteiger partial charge in [0.15, 0.2) is 0 Å². The molecular formula is C24H28ClN5O3S. The van der Waals surface area contributed by atoms with Crippen molar-refractivity contribution in [1.82, 2.24) is 20.9 Å². The van der Waals surface area contributed by atoms with Crippen molar-refractivity contribution in [2.75, 3.05) is 6.54 Å². The number of hydrogen-bond acceptors (Lipinski definition) is 6. The van der Waals surface area contributed by atoms with E-state index >= 15 is 0 Å². The second kappa shape index (κ2) is 12.0. The van der Waals surface area contributed by atoms with Crippen LogP contribution in [0.3, 0.4) is 0 Å². The molecule has 1 aliphatic rings. The number of benzene rings is 1. The van der Waals surface area contributed by atoms with Crippen molar-refractivity contribution in [1.29, 1.82) is 5.26 Å². The van der Waals surface area contributed by atoms with E-state index in [4.69, 9.17) is 16.9 Å². The highest BCUT2D eigenvalue weighted by Gasteiger charge is 2.30. The number of halogens is 1. The lowest BCUT2D eigenvalue weighted by molar-refractivity contribution is -0.129. The van der Waals surface area contributed by atoms with Crippen LogP contribution < -0.4 is 16.0 Å². The van der Waals surface area contributed by atoms with Crippen molar-refractivity contribution < 1.29 is 14.4 Å². The summed E-state index contributed by atoms with van der Waals surface area (Å²) in [5.41, 5.74) is 0.607. The van der Waals surface area contributed by atoms with Crippen molar-refractivity contribution in [2.24, 2.45) is 5.92 Å². The molecule has 1 heterocycles. The average Bonchev–Trinajstić information content (AvgIpc) is 3.49. The number of nitriles is 1. The molecule has 0 saturated heterocycles. The van der Waals surface area contributed by atoms with Crippen LogP contribution in [0.1, 0.15) is 44.0 Å². The van der Waals surface area contributed by atoms with Gasteiger partial charge in [-0.15, -0.1) is 11.3 Å². The highest BCUT2D eigenvalue weighted by Crippen LogP contribution is 2.28. The largest absolute Gasteiger partial charge is 0.350 e. The number of hydrogen-bond donors (Lipinski definition) is 3. The highest BCUT2D eigenvalue weighted by molar-refractivity contribution is 7.18. The third-order valence-corrected chi connectivity index (χ3v) is 7.21. The molecule has 2 atom stereocenters. The summed E-state index contributed by atoms with van der Waals surface area (Å²) < 4.78 is 0.910.